The molecule has 1 aliphatic carbocycles. The van der Waals surface area contributed by atoms with Crippen molar-refractivity contribution in [3.63, 3.8) is 0 Å². The van der Waals surface area contributed by atoms with Crippen LogP contribution in [0.2, 0.25) is 0 Å². The number of carbonyl (C=O) groups excluding carboxylic acids is 1. The third-order valence-corrected chi connectivity index (χ3v) is 8.68. The fourth-order valence-corrected chi connectivity index (χ4v) is 6.64. The monoisotopic (exact) mass is 413 g/mol. The maximum Gasteiger partial charge on any atom is 0.223 e. The van der Waals surface area contributed by atoms with Crippen molar-refractivity contribution in [1.29, 1.82) is 0 Å². The van der Waals surface area contributed by atoms with Crippen LogP contribution in [0.25, 0.3) is 0 Å². The standard InChI is InChI=1S/C19H31N3O3S2/c1-2-3-14-27(24,25)22-12-9-15(10-13-22)19(23)20-11-8-18-21-16-6-4-5-7-17(16)26-18/h15H,2-14H2,1H3,(H,20,23). The molecule has 152 valence electrons. The van der Waals surface area contributed by atoms with Gasteiger partial charge < -0.3 is 5.32 Å². The Bertz CT molecular complexity index is 714. The molecular weight excluding hydrogens is 382 g/mol. The summed E-state index contributed by atoms with van der Waals surface area (Å²) in [5, 5.41) is 4.15. The first-order valence-corrected chi connectivity index (χ1v) is 12.6. The van der Waals surface area contributed by atoms with Crippen LogP contribution in [-0.2, 0) is 34.1 Å². The number of aryl methyl sites for hydroxylation is 2. The number of sulfonamides is 1. The van der Waals surface area contributed by atoms with Gasteiger partial charge in [-0.3, -0.25) is 4.79 Å². The topological polar surface area (TPSA) is 79.4 Å². The molecule has 0 spiro atoms. The fourth-order valence-electron chi connectivity index (χ4n) is 3.80. The van der Waals surface area contributed by atoms with Crippen LogP contribution in [0.1, 0.15) is 61.0 Å². The number of hydrogen-bond acceptors (Lipinski definition) is 5. The molecule has 3 rings (SSSR count). The number of fused-ring (bicyclic) bond motifs is 1. The second-order valence-electron chi connectivity index (χ2n) is 7.57. The highest BCUT2D eigenvalue weighted by Crippen LogP contribution is 2.27. The number of aromatic nitrogens is 1. The molecule has 2 heterocycles. The highest BCUT2D eigenvalue weighted by atomic mass is 32.2. The van der Waals surface area contributed by atoms with Gasteiger partial charge in [0, 0.05) is 36.9 Å². The lowest BCUT2D eigenvalue weighted by Crippen LogP contribution is -2.44. The van der Waals surface area contributed by atoms with E-state index in [4.69, 9.17) is 4.98 Å². The normalized spacial score (nSPS) is 19.0. The Morgan fingerprint density at radius 2 is 2.00 bits per heavy atom. The Labute approximate surface area is 166 Å². The Morgan fingerprint density at radius 1 is 1.26 bits per heavy atom. The second kappa shape index (κ2) is 9.47. The summed E-state index contributed by atoms with van der Waals surface area (Å²) in [5.41, 5.74) is 1.27. The molecule has 0 aromatic carbocycles. The Morgan fingerprint density at radius 3 is 2.70 bits per heavy atom. The van der Waals surface area contributed by atoms with E-state index in [9.17, 15) is 13.2 Å². The van der Waals surface area contributed by atoms with E-state index >= 15 is 0 Å². The zero-order valence-corrected chi connectivity index (χ0v) is 17.8. The minimum atomic E-state index is -3.15. The van der Waals surface area contributed by atoms with E-state index in [0.717, 1.165) is 30.7 Å². The molecule has 1 aromatic rings. The van der Waals surface area contributed by atoms with Crippen LogP contribution in [0.4, 0.5) is 0 Å². The zero-order chi connectivity index (χ0) is 19.3. The third-order valence-electron chi connectivity index (χ3n) is 5.50. The molecule has 0 unspecified atom stereocenters. The van der Waals surface area contributed by atoms with Crippen molar-refractivity contribution >= 4 is 27.3 Å². The number of carbonyl (C=O) groups is 1. The molecular formula is C19H31N3O3S2. The van der Waals surface area contributed by atoms with E-state index in [1.54, 1.807) is 15.6 Å². The van der Waals surface area contributed by atoms with E-state index in [1.807, 2.05) is 6.92 Å². The molecule has 0 radical (unpaired) electrons. The number of unbranched alkanes of at least 4 members (excludes halogenated alkanes) is 1. The number of nitrogens with zero attached hydrogens (tertiary/aromatic N) is 2. The number of nitrogens with one attached hydrogen (secondary N) is 1. The Balaban J connectivity index is 1.40. The number of amides is 1. The van der Waals surface area contributed by atoms with E-state index in [2.05, 4.69) is 5.32 Å². The van der Waals surface area contributed by atoms with E-state index in [1.165, 1.54) is 23.4 Å². The molecule has 1 fully saturated rings. The lowest BCUT2D eigenvalue weighted by molar-refractivity contribution is -0.126. The maximum atomic E-state index is 12.4. The van der Waals surface area contributed by atoms with Crippen molar-refractivity contribution in [2.75, 3.05) is 25.4 Å². The number of thiazole rings is 1. The average Bonchev–Trinajstić information content (AvgIpc) is 3.09. The molecule has 6 nitrogen and oxygen atoms in total. The lowest BCUT2D eigenvalue weighted by Gasteiger charge is -2.30. The highest BCUT2D eigenvalue weighted by molar-refractivity contribution is 7.89. The fraction of sp³-hybridized carbons (Fsp3) is 0.789. The van der Waals surface area contributed by atoms with Crippen LogP contribution < -0.4 is 5.32 Å². The summed E-state index contributed by atoms with van der Waals surface area (Å²) >= 11 is 1.80. The molecule has 27 heavy (non-hydrogen) atoms. The number of hydrogen-bond donors (Lipinski definition) is 1. The predicted octanol–water partition coefficient (Wildman–Crippen LogP) is 2.52. The van der Waals surface area contributed by atoms with Crippen molar-refractivity contribution in [3.05, 3.63) is 15.6 Å². The molecule has 1 aliphatic heterocycles. The first-order chi connectivity index (χ1) is 13.0. The Kier molecular flexibility index (Phi) is 7.28. The van der Waals surface area contributed by atoms with Gasteiger partial charge in [-0.15, -0.1) is 11.3 Å². The van der Waals surface area contributed by atoms with Crippen molar-refractivity contribution in [3.8, 4) is 0 Å². The van der Waals surface area contributed by atoms with Crippen molar-refractivity contribution in [1.82, 2.24) is 14.6 Å². The van der Waals surface area contributed by atoms with Crippen LogP contribution >= 0.6 is 11.3 Å². The van der Waals surface area contributed by atoms with Gasteiger partial charge in [0.25, 0.3) is 0 Å². The van der Waals surface area contributed by atoms with E-state index in [-0.39, 0.29) is 17.6 Å². The van der Waals surface area contributed by atoms with Gasteiger partial charge in [-0.05, 0) is 44.9 Å². The summed E-state index contributed by atoms with van der Waals surface area (Å²) in [6.07, 6.45) is 8.33. The van der Waals surface area contributed by atoms with E-state index in [0.29, 0.717) is 38.9 Å². The maximum absolute atomic E-state index is 12.4. The molecule has 1 amide bonds. The SMILES string of the molecule is CCCCS(=O)(=O)N1CCC(C(=O)NCCc2nc3c(s2)CCCC3)CC1. The largest absolute Gasteiger partial charge is 0.355 e. The number of rotatable bonds is 8. The molecule has 1 saturated heterocycles. The van der Waals surface area contributed by atoms with Crippen LogP contribution in [0.15, 0.2) is 0 Å². The first kappa shape index (κ1) is 20.7. The van der Waals surface area contributed by atoms with Crippen LogP contribution in [-0.4, -0.2) is 49.0 Å². The molecule has 1 N–H and O–H groups in total. The number of piperidine rings is 1. The summed E-state index contributed by atoms with van der Waals surface area (Å²) < 4.78 is 26.1. The van der Waals surface area contributed by atoms with E-state index < -0.39 is 10.0 Å². The summed E-state index contributed by atoms with van der Waals surface area (Å²) in [5.74, 6) is 0.201. The minimum Gasteiger partial charge on any atom is -0.355 e. The smallest absolute Gasteiger partial charge is 0.223 e. The highest BCUT2D eigenvalue weighted by Gasteiger charge is 2.30. The predicted molar refractivity (Wildman–Crippen MR) is 108 cm³/mol. The lowest BCUT2D eigenvalue weighted by atomic mass is 9.97. The van der Waals surface area contributed by atoms with Gasteiger partial charge in [-0.1, -0.05) is 13.3 Å². The summed E-state index contributed by atoms with van der Waals surface area (Å²) in [4.78, 5) is 18.6. The molecule has 0 saturated carbocycles. The zero-order valence-electron chi connectivity index (χ0n) is 16.2. The quantitative estimate of drug-likeness (QED) is 0.710. The third kappa shape index (κ3) is 5.51. The van der Waals surface area contributed by atoms with Gasteiger partial charge in [-0.2, -0.15) is 0 Å². The van der Waals surface area contributed by atoms with Crippen LogP contribution in [0.3, 0.4) is 0 Å². The van der Waals surface area contributed by atoms with Gasteiger partial charge in [0.1, 0.15) is 0 Å². The van der Waals surface area contributed by atoms with Gasteiger partial charge >= 0.3 is 0 Å². The minimum absolute atomic E-state index is 0.0573. The van der Waals surface area contributed by atoms with Crippen molar-refractivity contribution < 1.29 is 13.2 Å². The van der Waals surface area contributed by atoms with Gasteiger partial charge in [0.05, 0.1) is 16.5 Å². The van der Waals surface area contributed by atoms with Crippen LogP contribution in [0.5, 0.6) is 0 Å². The summed E-state index contributed by atoms with van der Waals surface area (Å²) in [6, 6.07) is 0. The molecule has 0 atom stereocenters. The second-order valence-corrected chi connectivity index (χ2v) is 10.8. The molecule has 2 aliphatic rings. The molecule has 8 heteroatoms. The molecule has 1 aromatic heterocycles. The van der Waals surface area contributed by atoms with Crippen molar-refractivity contribution in [2.24, 2.45) is 5.92 Å². The first-order valence-electron chi connectivity index (χ1n) is 10.2. The van der Waals surface area contributed by atoms with Crippen LogP contribution in [0, 0.1) is 5.92 Å². The van der Waals surface area contributed by atoms with Gasteiger partial charge in [-0.25, -0.2) is 17.7 Å². The van der Waals surface area contributed by atoms with Gasteiger partial charge in [0.2, 0.25) is 15.9 Å². The molecule has 0 bridgehead atoms. The summed E-state index contributed by atoms with van der Waals surface area (Å²) in [6.45, 7) is 3.53. The summed E-state index contributed by atoms with van der Waals surface area (Å²) in [7, 11) is -3.15. The van der Waals surface area contributed by atoms with Gasteiger partial charge in [0.15, 0.2) is 0 Å². The van der Waals surface area contributed by atoms with Crippen molar-refractivity contribution in [2.45, 2.75) is 64.7 Å². The Hall–Kier alpha value is -0.990. The average molecular weight is 414 g/mol.